The van der Waals surface area contributed by atoms with Crippen molar-refractivity contribution < 1.29 is 4.79 Å². The lowest BCUT2D eigenvalue weighted by Gasteiger charge is -2.23. The van der Waals surface area contributed by atoms with Crippen LogP contribution in [-0.2, 0) is 6.54 Å². The highest BCUT2D eigenvalue weighted by atomic mass is 35.5. The highest BCUT2D eigenvalue weighted by Crippen LogP contribution is 2.32. The van der Waals surface area contributed by atoms with Gasteiger partial charge in [0, 0.05) is 19.3 Å². The van der Waals surface area contributed by atoms with Gasteiger partial charge in [-0.3, -0.25) is 4.79 Å². The van der Waals surface area contributed by atoms with Crippen LogP contribution < -0.4 is 16.4 Å². The quantitative estimate of drug-likeness (QED) is 0.850. The van der Waals surface area contributed by atoms with Crippen molar-refractivity contribution >= 4 is 28.9 Å². The second-order valence-corrected chi connectivity index (χ2v) is 5.01. The van der Waals surface area contributed by atoms with Crippen molar-refractivity contribution in [2.45, 2.75) is 6.54 Å². The summed E-state index contributed by atoms with van der Waals surface area (Å²) in [5.41, 5.74) is 13.6. The molecule has 0 aromatic heterocycles. The lowest BCUT2D eigenvalue weighted by atomic mass is 10.1. The molecule has 0 fully saturated rings. The van der Waals surface area contributed by atoms with Crippen molar-refractivity contribution in [3.8, 4) is 0 Å². The van der Waals surface area contributed by atoms with Gasteiger partial charge in [-0.15, -0.1) is 0 Å². The number of carbonyl (C=O) groups excluding carboxylic acids is 1. The van der Waals surface area contributed by atoms with E-state index >= 15 is 0 Å². The Morgan fingerprint density at radius 1 is 1.25 bits per heavy atom. The number of halogens is 1. The first kappa shape index (κ1) is 14.2. The number of amides is 1. The van der Waals surface area contributed by atoms with Gasteiger partial charge in [0.1, 0.15) is 0 Å². The van der Waals surface area contributed by atoms with E-state index in [2.05, 4.69) is 0 Å². The molecule has 4 nitrogen and oxygen atoms in total. The highest BCUT2D eigenvalue weighted by molar-refractivity contribution is 6.34. The average Bonchev–Trinajstić information content (AvgIpc) is 2.38. The molecule has 2 aromatic carbocycles. The van der Waals surface area contributed by atoms with Gasteiger partial charge < -0.3 is 16.4 Å². The van der Waals surface area contributed by atoms with Crippen LogP contribution in [0.5, 0.6) is 0 Å². The molecule has 0 unspecified atom stereocenters. The van der Waals surface area contributed by atoms with Crippen molar-refractivity contribution in [3.63, 3.8) is 0 Å². The van der Waals surface area contributed by atoms with Gasteiger partial charge in [-0.2, -0.15) is 0 Å². The van der Waals surface area contributed by atoms with E-state index in [-0.39, 0.29) is 0 Å². The van der Waals surface area contributed by atoms with Gasteiger partial charge in [-0.25, -0.2) is 0 Å². The zero-order chi connectivity index (χ0) is 14.7. The van der Waals surface area contributed by atoms with Gasteiger partial charge in [0.05, 0.1) is 16.3 Å². The second kappa shape index (κ2) is 5.84. The zero-order valence-electron chi connectivity index (χ0n) is 11.1. The largest absolute Gasteiger partial charge is 0.399 e. The molecule has 0 aliphatic rings. The normalized spacial score (nSPS) is 10.3. The number of nitrogens with two attached hydrogens (primary N) is 2. The zero-order valence-corrected chi connectivity index (χ0v) is 11.9. The number of benzene rings is 2. The van der Waals surface area contributed by atoms with Crippen LogP contribution in [0.4, 0.5) is 11.4 Å². The van der Waals surface area contributed by atoms with E-state index in [1.165, 1.54) is 0 Å². The molecule has 0 radical (unpaired) electrons. The first-order valence-electron chi connectivity index (χ1n) is 6.13. The maximum atomic E-state index is 11.6. The third-order valence-electron chi connectivity index (χ3n) is 3.00. The van der Waals surface area contributed by atoms with Crippen LogP contribution in [0, 0.1) is 0 Å². The molecule has 0 saturated heterocycles. The molecule has 104 valence electrons. The van der Waals surface area contributed by atoms with Crippen molar-refractivity contribution in [1.29, 1.82) is 0 Å². The Labute approximate surface area is 122 Å². The van der Waals surface area contributed by atoms with Gasteiger partial charge in [0.25, 0.3) is 5.91 Å². The van der Waals surface area contributed by atoms with E-state index in [9.17, 15) is 4.79 Å². The van der Waals surface area contributed by atoms with Crippen LogP contribution in [0.15, 0.2) is 42.5 Å². The molecule has 0 atom stereocenters. The minimum absolute atomic E-state index is 0.327. The Kier molecular flexibility index (Phi) is 4.15. The predicted octanol–water partition coefficient (Wildman–Crippen LogP) is 2.66. The Morgan fingerprint density at radius 2 is 1.90 bits per heavy atom. The van der Waals surface area contributed by atoms with E-state index < -0.39 is 5.91 Å². The van der Waals surface area contributed by atoms with Gasteiger partial charge in [-0.1, -0.05) is 41.9 Å². The molecule has 1 amide bonds. The fraction of sp³-hybridized carbons (Fsp3) is 0.133. The topological polar surface area (TPSA) is 72.3 Å². The first-order chi connectivity index (χ1) is 9.49. The monoisotopic (exact) mass is 289 g/mol. The van der Waals surface area contributed by atoms with Crippen LogP contribution >= 0.6 is 11.6 Å². The van der Waals surface area contributed by atoms with Crippen LogP contribution in [-0.4, -0.2) is 13.0 Å². The van der Waals surface area contributed by atoms with Crippen LogP contribution in [0.2, 0.25) is 5.02 Å². The molecule has 0 aliphatic heterocycles. The van der Waals surface area contributed by atoms with Gasteiger partial charge >= 0.3 is 0 Å². The van der Waals surface area contributed by atoms with E-state index in [0.717, 1.165) is 5.56 Å². The Balaban J connectivity index is 2.39. The maximum Gasteiger partial charge on any atom is 0.250 e. The SMILES string of the molecule is CN(Cc1ccccc1)c1c(Cl)cc(N)cc1C(N)=O. The summed E-state index contributed by atoms with van der Waals surface area (Å²) in [4.78, 5) is 13.5. The van der Waals surface area contributed by atoms with Crippen LogP contribution in [0.3, 0.4) is 0 Å². The first-order valence-corrected chi connectivity index (χ1v) is 6.50. The van der Waals surface area contributed by atoms with E-state index in [0.29, 0.717) is 28.5 Å². The van der Waals surface area contributed by atoms with E-state index in [1.807, 2.05) is 42.3 Å². The van der Waals surface area contributed by atoms with Gasteiger partial charge in [0.2, 0.25) is 0 Å². The van der Waals surface area contributed by atoms with Crippen molar-refractivity contribution in [2.24, 2.45) is 5.73 Å². The lowest BCUT2D eigenvalue weighted by molar-refractivity contribution is 0.100. The minimum atomic E-state index is -0.547. The maximum absolute atomic E-state index is 11.6. The molecule has 0 heterocycles. The van der Waals surface area contributed by atoms with Crippen molar-refractivity contribution in [1.82, 2.24) is 0 Å². The summed E-state index contributed by atoms with van der Waals surface area (Å²) in [6, 6.07) is 13.0. The molecule has 0 saturated carbocycles. The van der Waals surface area contributed by atoms with E-state index in [1.54, 1.807) is 12.1 Å². The molecular weight excluding hydrogens is 274 g/mol. The molecular formula is C15H16ClN3O. The number of hydrogen-bond acceptors (Lipinski definition) is 3. The third kappa shape index (κ3) is 3.03. The molecule has 5 heteroatoms. The molecule has 0 aliphatic carbocycles. The third-order valence-corrected chi connectivity index (χ3v) is 3.28. The smallest absolute Gasteiger partial charge is 0.250 e. The van der Waals surface area contributed by atoms with Crippen LogP contribution in [0.25, 0.3) is 0 Å². The Morgan fingerprint density at radius 3 is 2.50 bits per heavy atom. The number of anilines is 2. The number of nitrogen functional groups attached to an aromatic ring is 1. The Bertz CT molecular complexity index is 629. The van der Waals surface area contributed by atoms with Crippen molar-refractivity contribution in [2.75, 3.05) is 17.7 Å². The summed E-state index contributed by atoms with van der Waals surface area (Å²) in [5.74, 6) is -0.547. The number of rotatable bonds is 4. The molecule has 0 bridgehead atoms. The molecule has 4 N–H and O–H groups in total. The standard InChI is InChI=1S/C15H16ClN3O/c1-19(9-10-5-3-2-4-6-10)14-12(15(18)20)7-11(17)8-13(14)16/h2-8H,9,17H2,1H3,(H2,18,20). The molecule has 2 rings (SSSR count). The predicted molar refractivity (Wildman–Crippen MR) is 82.9 cm³/mol. The van der Waals surface area contributed by atoms with Gasteiger partial charge in [0.15, 0.2) is 0 Å². The summed E-state index contributed by atoms with van der Waals surface area (Å²) in [6.45, 7) is 0.616. The minimum Gasteiger partial charge on any atom is -0.399 e. The number of carbonyl (C=O) groups is 1. The average molecular weight is 290 g/mol. The summed E-state index contributed by atoms with van der Waals surface area (Å²) >= 11 is 6.21. The summed E-state index contributed by atoms with van der Waals surface area (Å²) in [7, 11) is 1.86. The second-order valence-electron chi connectivity index (χ2n) is 4.60. The van der Waals surface area contributed by atoms with Crippen molar-refractivity contribution in [3.05, 3.63) is 58.6 Å². The fourth-order valence-electron chi connectivity index (χ4n) is 2.13. The summed E-state index contributed by atoms with van der Waals surface area (Å²) < 4.78 is 0. The van der Waals surface area contributed by atoms with Gasteiger partial charge in [-0.05, 0) is 17.7 Å². The highest BCUT2D eigenvalue weighted by Gasteiger charge is 2.17. The van der Waals surface area contributed by atoms with Crippen LogP contribution in [0.1, 0.15) is 15.9 Å². The molecule has 20 heavy (non-hydrogen) atoms. The number of hydrogen-bond donors (Lipinski definition) is 2. The summed E-state index contributed by atoms with van der Waals surface area (Å²) in [5, 5.41) is 0.414. The Hall–Kier alpha value is -2.20. The molecule has 2 aromatic rings. The number of nitrogens with zero attached hydrogens (tertiary/aromatic N) is 1. The summed E-state index contributed by atoms with van der Waals surface area (Å²) in [6.07, 6.45) is 0. The molecule has 0 spiro atoms. The number of primary amides is 1. The fourth-order valence-corrected chi connectivity index (χ4v) is 2.50. The van der Waals surface area contributed by atoms with E-state index in [4.69, 9.17) is 23.1 Å². The lowest BCUT2D eigenvalue weighted by Crippen LogP contribution is -2.22.